The van der Waals surface area contributed by atoms with Gasteiger partial charge in [0.25, 0.3) is 0 Å². The molecule has 0 aromatic heterocycles. The molecule has 1 aliphatic heterocycles. The summed E-state index contributed by atoms with van der Waals surface area (Å²) in [6.07, 6.45) is 15.5. The minimum atomic E-state index is 0.500. The van der Waals surface area contributed by atoms with E-state index in [1.165, 1.54) is 50.0 Å². The lowest BCUT2D eigenvalue weighted by Crippen LogP contribution is -2.28. The second-order valence-electron chi connectivity index (χ2n) is 4.97. The first kappa shape index (κ1) is 17.9. The SMILES string of the molecule is CC1=CC(N2CCCCC2)=CC=CC1.CCC.CF. The molecule has 2 heteroatoms. The fourth-order valence-corrected chi connectivity index (χ4v) is 2.13. The number of piperidine rings is 1. The first-order chi connectivity index (χ1) is 9.27. The van der Waals surface area contributed by atoms with Crippen molar-refractivity contribution in [2.75, 3.05) is 20.3 Å². The predicted octanol–water partition coefficient (Wildman–Crippen LogP) is 5.26. The average molecular weight is 267 g/mol. The molecule has 1 aliphatic carbocycles. The number of nitrogens with zero attached hydrogens (tertiary/aromatic N) is 1. The molecule has 0 aromatic rings. The van der Waals surface area contributed by atoms with Crippen LogP contribution in [0.3, 0.4) is 0 Å². The summed E-state index contributed by atoms with van der Waals surface area (Å²) in [5, 5.41) is 0. The molecule has 0 atom stereocenters. The molecule has 0 radical (unpaired) electrons. The molecule has 0 N–H and O–H groups in total. The molecular formula is C17H30FN. The van der Waals surface area contributed by atoms with E-state index in [-0.39, 0.29) is 0 Å². The summed E-state index contributed by atoms with van der Waals surface area (Å²) >= 11 is 0. The Morgan fingerprint density at radius 1 is 1.11 bits per heavy atom. The number of alkyl halides is 1. The Morgan fingerprint density at radius 3 is 2.26 bits per heavy atom. The highest BCUT2D eigenvalue weighted by Gasteiger charge is 2.11. The Balaban J connectivity index is 0.000000573. The van der Waals surface area contributed by atoms with Crippen LogP contribution in [0.1, 0.15) is 52.9 Å². The van der Waals surface area contributed by atoms with Crippen LogP contribution in [0, 0.1) is 0 Å². The third kappa shape index (κ3) is 7.86. The van der Waals surface area contributed by atoms with Crippen LogP contribution < -0.4 is 0 Å². The molecular weight excluding hydrogens is 237 g/mol. The molecule has 110 valence electrons. The van der Waals surface area contributed by atoms with Crippen LogP contribution in [0.25, 0.3) is 0 Å². The first-order valence-electron chi connectivity index (χ1n) is 7.44. The third-order valence-corrected chi connectivity index (χ3v) is 2.96. The van der Waals surface area contributed by atoms with Crippen LogP contribution in [-0.2, 0) is 0 Å². The Labute approximate surface area is 118 Å². The fourth-order valence-electron chi connectivity index (χ4n) is 2.13. The van der Waals surface area contributed by atoms with Crippen molar-refractivity contribution in [2.45, 2.75) is 52.9 Å². The summed E-state index contributed by atoms with van der Waals surface area (Å²) < 4.78 is 9.50. The quantitative estimate of drug-likeness (QED) is 0.626. The topological polar surface area (TPSA) is 3.24 Å². The highest BCUT2D eigenvalue weighted by atomic mass is 19.1. The molecule has 0 spiro atoms. The number of hydrogen-bond donors (Lipinski definition) is 0. The van der Waals surface area contributed by atoms with Gasteiger partial charge in [-0.25, -0.2) is 0 Å². The van der Waals surface area contributed by atoms with Gasteiger partial charge in [0.1, 0.15) is 0 Å². The minimum absolute atomic E-state index is 0.500. The predicted molar refractivity (Wildman–Crippen MR) is 84.0 cm³/mol. The van der Waals surface area contributed by atoms with Crippen LogP contribution in [0.15, 0.2) is 35.6 Å². The monoisotopic (exact) mass is 267 g/mol. The van der Waals surface area contributed by atoms with Gasteiger partial charge in [0.2, 0.25) is 0 Å². The first-order valence-corrected chi connectivity index (χ1v) is 7.44. The van der Waals surface area contributed by atoms with Crippen LogP contribution in [0.5, 0.6) is 0 Å². The van der Waals surface area contributed by atoms with Crippen LogP contribution in [-0.4, -0.2) is 25.2 Å². The van der Waals surface area contributed by atoms with E-state index in [9.17, 15) is 4.39 Å². The van der Waals surface area contributed by atoms with Crippen molar-refractivity contribution >= 4 is 0 Å². The van der Waals surface area contributed by atoms with E-state index in [1.54, 1.807) is 0 Å². The van der Waals surface area contributed by atoms with Gasteiger partial charge in [-0.1, -0.05) is 38.0 Å². The Kier molecular flexibility index (Phi) is 11.3. The number of hydrogen-bond acceptors (Lipinski definition) is 1. The smallest absolute Gasteiger partial charge is 0.0785 e. The summed E-state index contributed by atoms with van der Waals surface area (Å²) in [7, 11) is 0.500. The van der Waals surface area contributed by atoms with Crippen molar-refractivity contribution < 1.29 is 4.39 Å². The maximum atomic E-state index is 9.50. The minimum Gasteiger partial charge on any atom is -0.372 e. The largest absolute Gasteiger partial charge is 0.372 e. The van der Waals surface area contributed by atoms with Gasteiger partial charge < -0.3 is 4.90 Å². The van der Waals surface area contributed by atoms with E-state index in [0.29, 0.717) is 7.18 Å². The van der Waals surface area contributed by atoms with Gasteiger partial charge in [0, 0.05) is 18.8 Å². The van der Waals surface area contributed by atoms with Crippen molar-refractivity contribution in [3.63, 3.8) is 0 Å². The standard InChI is InChI=1S/C13H19N.C3H8.CH3F/c1-12-7-3-4-8-13(11-12)14-9-5-2-6-10-14;1-3-2;1-2/h3-4,8,11H,2,5-7,9-10H2,1H3;3H2,1-2H3;1H3. The Morgan fingerprint density at radius 2 is 1.68 bits per heavy atom. The molecule has 0 amide bonds. The van der Waals surface area contributed by atoms with Gasteiger partial charge in [-0.05, 0) is 44.8 Å². The molecule has 0 aromatic carbocycles. The van der Waals surface area contributed by atoms with E-state index in [2.05, 4.69) is 50.0 Å². The van der Waals surface area contributed by atoms with Gasteiger partial charge in [0.05, 0.1) is 7.18 Å². The normalized spacial score (nSPS) is 18.1. The lowest BCUT2D eigenvalue weighted by atomic mass is 10.1. The summed E-state index contributed by atoms with van der Waals surface area (Å²) in [6.45, 7) is 8.94. The number of likely N-dealkylation sites (tertiary alicyclic amines) is 1. The van der Waals surface area contributed by atoms with E-state index in [1.807, 2.05) is 0 Å². The highest BCUT2D eigenvalue weighted by Crippen LogP contribution is 2.19. The van der Waals surface area contributed by atoms with E-state index < -0.39 is 0 Å². The molecule has 19 heavy (non-hydrogen) atoms. The molecule has 0 bridgehead atoms. The molecule has 1 saturated heterocycles. The molecule has 2 rings (SSSR count). The summed E-state index contributed by atoms with van der Waals surface area (Å²) in [5.74, 6) is 0. The lowest BCUT2D eigenvalue weighted by molar-refractivity contribution is 0.293. The second-order valence-corrected chi connectivity index (χ2v) is 4.97. The molecule has 2 aliphatic rings. The number of rotatable bonds is 1. The zero-order valence-corrected chi connectivity index (χ0v) is 13.1. The highest BCUT2D eigenvalue weighted by molar-refractivity contribution is 5.30. The molecule has 1 nitrogen and oxygen atoms in total. The average Bonchev–Trinajstić information content (AvgIpc) is 2.68. The Hall–Kier alpha value is -1.05. The van der Waals surface area contributed by atoms with Crippen molar-refractivity contribution in [1.82, 2.24) is 4.90 Å². The van der Waals surface area contributed by atoms with E-state index in [0.717, 1.165) is 6.42 Å². The summed E-state index contributed by atoms with van der Waals surface area (Å²) in [6, 6.07) is 0. The zero-order valence-electron chi connectivity index (χ0n) is 13.1. The summed E-state index contributed by atoms with van der Waals surface area (Å²) in [4.78, 5) is 2.52. The van der Waals surface area contributed by atoms with Crippen LogP contribution >= 0.6 is 0 Å². The molecule has 1 fully saturated rings. The van der Waals surface area contributed by atoms with E-state index in [4.69, 9.17) is 0 Å². The molecule has 0 saturated carbocycles. The maximum Gasteiger partial charge on any atom is 0.0785 e. The lowest BCUT2D eigenvalue weighted by Gasteiger charge is -2.29. The zero-order chi connectivity index (χ0) is 14.5. The van der Waals surface area contributed by atoms with Crippen LogP contribution in [0.4, 0.5) is 4.39 Å². The van der Waals surface area contributed by atoms with Gasteiger partial charge >= 0.3 is 0 Å². The van der Waals surface area contributed by atoms with Crippen molar-refractivity contribution in [1.29, 1.82) is 0 Å². The number of allylic oxidation sites excluding steroid dienone is 5. The maximum absolute atomic E-state index is 9.50. The van der Waals surface area contributed by atoms with Crippen molar-refractivity contribution in [3.05, 3.63) is 35.6 Å². The van der Waals surface area contributed by atoms with Gasteiger partial charge in [-0.15, -0.1) is 0 Å². The third-order valence-electron chi connectivity index (χ3n) is 2.96. The number of halogens is 1. The van der Waals surface area contributed by atoms with Gasteiger partial charge in [-0.3, -0.25) is 4.39 Å². The van der Waals surface area contributed by atoms with E-state index >= 15 is 0 Å². The summed E-state index contributed by atoms with van der Waals surface area (Å²) in [5.41, 5.74) is 2.88. The van der Waals surface area contributed by atoms with Crippen molar-refractivity contribution in [2.24, 2.45) is 0 Å². The van der Waals surface area contributed by atoms with Crippen LogP contribution in [0.2, 0.25) is 0 Å². The van der Waals surface area contributed by atoms with Gasteiger partial charge in [0.15, 0.2) is 0 Å². The van der Waals surface area contributed by atoms with Gasteiger partial charge in [-0.2, -0.15) is 0 Å². The molecule has 0 unspecified atom stereocenters. The fraction of sp³-hybridized carbons (Fsp3) is 0.647. The Bertz CT molecular complexity index is 296. The second kappa shape index (κ2) is 12.0. The molecule has 1 heterocycles. The van der Waals surface area contributed by atoms with Crippen molar-refractivity contribution in [3.8, 4) is 0 Å².